The van der Waals surface area contributed by atoms with Gasteiger partial charge in [0.05, 0.1) is 0 Å². The molecule has 0 spiro atoms. The maximum Gasteiger partial charge on any atom is 0.573 e. The SMILES string of the molecule is CC(CC(=O)N1C2CC3CC(C)(C2)CC31)c1c[nH]c2ccc(OC(F)(F)F)c(F)c12. The molecule has 3 heterocycles. The standard InChI is InChI=1S/C22H24F4N2O2/c1-11(5-18(29)28-13-6-12-7-21(2,8-13)9-16(12)28)14-10-27-15-3-4-17(20(23)19(14)15)30-22(24,25)26/h3-4,10-13,16,27H,5-9H2,1-2H3. The zero-order valence-electron chi connectivity index (χ0n) is 16.9. The van der Waals surface area contributed by atoms with Crippen molar-refractivity contribution in [2.45, 2.75) is 70.3 Å². The quantitative estimate of drug-likeness (QED) is 0.660. The molecule has 1 amide bonds. The van der Waals surface area contributed by atoms with Gasteiger partial charge < -0.3 is 14.6 Å². The number of carbonyl (C=O) groups is 1. The molecule has 2 aliphatic heterocycles. The van der Waals surface area contributed by atoms with Crippen molar-refractivity contribution < 1.29 is 27.1 Å². The van der Waals surface area contributed by atoms with E-state index in [-0.39, 0.29) is 23.6 Å². The Kier molecular flexibility index (Phi) is 4.19. The average molecular weight is 424 g/mol. The summed E-state index contributed by atoms with van der Waals surface area (Å²) in [7, 11) is 0. The molecule has 5 atom stereocenters. The number of fused-ring (bicyclic) bond motifs is 1. The summed E-state index contributed by atoms with van der Waals surface area (Å²) in [5, 5.41) is 0.0495. The maximum atomic E-state index is 14.8. The predicted octanol–water partition coefficient (Wildman–Crippen LogP) is 5.49. The lowest BCUT2D eigenvalue weighted by molar-refractivity contribution is -0.275. The maximum absolute atomic E-state index is 14.8. The van der Waals surface area contributed by atoms with Gasteiger partial charge in [0.25, 0.3) is 0 Å². The molecule has 6 rings (SSSR count). The van der Waals surface area contributed by atoms with Crippen molar-refractivity contribution in [1.29, 1.82) is 0 Å². The molecular formula is C22H24F4N2O2. The minimum absolute atomic E-state index is 0.0495. The minimum atomic E-state index is -4.97. The molecule has 8 heteroatoms. The van der Waals surface area contributed by atoms with Gasteiger partial charge in [0.2, 0.25) is 5.91 Å². The Labute approximate surface area is 171 Å². The molecule has 4 bridgehead atoms. The van der Waals surface area contributed by atoms with Gasteiger partial charge in [0.15, 0.2) is 11.6 Å². The molecule has 1 aromatic carbocycles. The summed E-state index contributed by atoms with van der Waals surface area (Å²) >= 11 is 0. The molecule has 2 saturated heterocycles. The topological polar surface area (TPSA) is 45.3 Å². The molecule has 1 aromatic heterocycles. The van der Waals surface area contributed by atoms with Gasteiger partial charge >= 0.3 is 6.36 Å². The first-order chi connectivity index (χ1) is 14.0. The van der Waals surface area contributed by atoms with Gasteiger partial charge in [0.1, 0.15) is 0 Å². The Bertz CT molecular complexity index is 1010. The highest BCUT2D eigenvalue weighted by Crippen LogP contribution is 2.59. The Morgan fingerprint density at radius 3 is 2.80 bits per heavy atom. The van der Waals surface area contributed by atoms with Crippen LogP contribution in [0.25, 0.3) is 10.9 Å². The molecule has 30 heavy (non-hydrogen) atoms. The van der Waals surface area contributed by atoms with Gasteiger partial charge in [-0.05, 0) is 60.6 Å². The number of H-pyrrole nitrogens is 1. The summed E-state index contributed by atoms with van der Waals surface area (Å²) in [5.41, 5.74) is 1.22. The van der Waals surface area contributed by atoms with E-state index in [1.54, 1.807) is 6.20 Å². The van der Waals surface area contributed by atoms with Gasteiger partial charge in [-0.1, -0.05) is 13.8 Å². The van der Waals surface area contributed by atoms with E-state index in [1.807, 2.05) is 6.92 Å². The van der Waals surface area contributed by atoms with Crippen LogP contribution < -0.4 is 4.74 Å². The number of aromatic amines is 1. The number of hydrogen-bond donors (Lipinski definition) is 1. The lowest BCUT2D eigenvalue weighted by atomic mass is 9.75. The second kappa shape index (κ2) is 6.37. The Balaban J connectivity index is 1.38. The second-order valence-corrected chi connectivity index (χ2v) is 9.64. The fraction of sp³-hybridized carbons (Fsp3) is 0.591. The summed E-state index contributed by atoms with van der Waals surface area (Å²) in [6.45, 7) is 4.12. The van der Waals surface area contributed by atoms with E-state index in [2.05, 4.69) is 21.5 Å². The number of aromatic nitrogens is 1. The molecular weight excluding hydrogens is 400 g/mol. The van der Waals surface area contributed by atoms with Crippen LogP contribution in [0.4, 0.5) is 17.6 Å². The highest BCUT2D eigenvalue weighted by atomic mass is 19.4. The molecule has 1 N–H and O–H groups in total. The van der Waals surface area contributed by atoms with E-state index < -0.39 is 17.9 Å². The summed E-state index contributed by atoms with van der Waals surface area (Å²) in [6, 6.07) is 2.91. The smallest absolute Gasteiger partial charge is 0.403 e. The van der Waals surface area contributed by atoms with E-state index in [9.17, 15) is 22.4 Å². The van der Waals surface area contributed by atoms with E-state index in [1.165, 1.54) is 12.5 Å². The lowest BCUT2D eigenvalue weighted by Gasteiger charge is -2.42. The molecule has 5 unspecified atom stereocenters. The van der Waals surface area contributed by atoms with Gasteiger partial charge in [-0.25, -0.2) is 4.39 Å². The highest BCUT2D eigenvalue weighted by molar-refractivity contribution is 5.87. The summed E-state index contributed by atoms with van der Waals surface area (Å²) in [6.07, 6.45) is 1.15. The Morgan fingerprint density at radius 2 is 2.10 bits per heavy atom. The number of ether oxygens (including phenoxy) is 1. The normalized spacial score (nSPS) is 31.0. The number of halogens is 4. The van der Waals surface area contributed by atoms with Crippen molar-refractivity contribution in [3.05, 3.63) is 29.7 Å². The third-order valence-corrected chi connectivity index (χ3v) is 7.36. The molecule has 2 aliphatic carbocycles. The van der Waals surface area contributed by atoms with Crippen molar-refractivity contribution >= 4 is 16.8 Å². The van der Waals surface area contributed by atoms with Crippen LogP contribution in [0, 0.1) is 17.2 Å². The lowest BCUT2D eigenvalue weighted by Crippen LogP contribution is -2.47. The highest BCUT2D eigenvalue weighted by Gasteiger charge is 2.58. The van der Waals surface area contributed by atoms with Crippen LogP contribution in [0.15, 0.2) is 18.3 Å². The number of alkyl halides is 3. The van der Waals surface area contributed by atoms with Crippen LogP contribution in [0.1, 0.15) is 57.4 Å². The van der Waals surface area contributed by atoms with E-state index >= 15 is 0 Å². The van der Waals surface area contributed by atoms with Crippen LogP contribution in [-0.2, 0) is 4.79 Å². The van der Waals surface area contributed by atoms with Crippen molar-refractivity contribution in [2.75, 3.05) is 0 Å². The predicted molar refractivity (Wildman–Crippen MR) is 102 cm³/mol. The zero-order chi connectivity index (χ0) is 21.4. The largest absolute Gasteiger partial charge is 0.573 e. The zero-order valence-corrected chi connectivity index (χ0v) is 16.9. The molecule has 0 radical (unpaired) electrons. The van der Waals surface area contributed by atoms with Crippen molar-refractivity contribution in [2.24, 2.45) is 11.3 Å². The number of nitrogens with zero attached hydrogens (tertiary/aromatic N) is 1. The van der Waals surface area contributed by atoms with E-state index in [0.717, 1.165) is 25.3 Å². The summed E-state index contributed by atoms with van der Waals surface area (Å²) in [4.78, 5) is 18.1. The first-order valence-corrected chi connectivity index (χ1v) is 10.4. The average Bonchev–Trinajstić information content (AvgIpc) is 3.23. The van der Waals surface area contributed by atoms with Crippen molar-refractivity contribution in [1.82, 2.24) is 9.88 Å². The van der Waals surface area contributed by atoms with Crippen LogP contribution in [0.2, 0.25) is 0 Å². The minimum Gasteiger partial charge on any atom is -0.403 e. The van der Waals surface area contributed by atoms with Crippen molar-refractivity contribution in [3.8, 4) is 5.75 Å². The van der Waals surface area contributed by atoms with Gasteiger partial charge in [-0.2, -0.15) is 0 Å². The summed E-state index contributed by atoms with van der Waals surface area (Å²) < 4.78 is 56.4. The van der Waals surface area contributed by atoms with E-state index in [4.69, 9.17) is 0 Å². The summed E-state index contributed by atoms with van der Waals surface area (Å²) in [5.74, 6) is -1.63. The van der Waals surface area contributed by atoms with Crippen molar-refractivity contribution in [3.63, 3.8) is 0 Å². The first kappa shape index (κ1) is 19.7. The van der Waals surface area contributed by atoms with Gasteiger partial charge in [-0.15, -0.1) is 13.2 Å². The number of amides is 1. The van der Waals surface area contributed by atoms with Gasteiger partial charge in [-0.3, -0.25) is 4.79 Å². The Morgan fingerprint density at radius 1 is 1.33 bits per heavy atom. The fourth-order valence-electron chi connectivity index (χ4n) is 6.39. The van der Waals surface area contributed by atoms with Crippen LogP contribution >= 0.6 is 0 Å². The van der Waals surface area contributed by atoms with E-state index in [0.29, 0.717) is 34.5 Å². The third kappa shape index (κ3) is 3.06. The molecule has 4 nitrogen and oxygen atoms in total. The van der Waals surface area contributed by atoms with Gasteiger partial charge in [0, 0.05) is 35.6 Å². The number of piperidine rings is 1. The van der Waals surface area contributed by atoms with Crippen LogP contribution in [-0.4, -0.2) is 34.2 Å². The number of carbonyl (C=O) groups excluding carboxylic acids is 1. The fourth-order valence-corrected chi connectivity index (χ4v) is 6.39. The first-order valence-electron chi connectivity index (χ1n) is 10.4. The molecule has 2 saturated carbocycles. The molecule has 162 valence electrons. The Hall–Kier alpha value is -2.25. The molecule has 2 aromatic rings. The second-order valence-electron chi connectivity index (χ2n) is 9.64. The number of hydrogen-bond acceptors (Lipinski definition) is 2. The van der Waals surface area contributed by atoms with Crippen LogP contribution in [0.3, 0.4) is 0 Å². The molecule has 4 aliphatic rings. The molecule has 4 fully saturated rings. The number of rotatable bonds is 4. The number of nitrogens with one attached hydrogen (secondary N) is 1. The third-order valence-electron chi connectivity index (χ3n) is 7.36. The van der Waals surface area contributed by atoms with Crippen LogP contribution in [0.5, 0.6) is 5.75 Å². The monoisotopic (exact) mass is 424 g/mol. The number of benzene rings is 1.